The molecule has 0 radical (unpaired) electrons. The summed E-state index contributed by atoms with van der Waals surface area (Å²) in [6.45, 7) is 0. The van der Waals surface area contributed by atoms with Crippen LogP contribution in [0.2, 0.25) is 5.02 Å². The molecule has 0 bridgehead atoms. The fraction of sp³-hybridized carbons (Fsp3) is 0.0769. The molecule has 0 amide bonds. The summed E-state index contributed by atoms with van der Waals surface area (Å²) >= 11 is 6.04. The first kappa shape index (κ1) is 11.6. The van der Waals surface area contributed by atoms with Gasteiger partial charge >= 0.3 is 0 Å². The summed E-state index contributed by atoms with van der Waals surface area (Å²) in [6, 6.07) is 9.91. The first-order valence-electron chi connectivity index (χ1n) is 4.99. The van der Waals surface area contributed by atoms with Crippen LogP contribution in [0.3, 0.4) is 0 Å². The lowest BCUT2D eigenvalue weighted by molar-refractivity contribution is 0.371. The number of benzene rings is 2. The number of methoxy groups -OCH3 is 1. The molecule has 3 nitrogen and oxygen atoms in total. The number of aromatic hydroxyl groups is 2. The number of hydrogen-bond acceptors (Lipinski definition) is 3. The molecule has 0 atom stereocenters. The number of rotatable bonds is 2. The molecule has 2 rings (SSSR count). The van der Waals surface area contributed by atoms with Crippen molar-refractivity contribution in [3.05, 3.63) is 41.4 Å². The Hall–Kier alpha value is -1.87. The van der Waals surface area contributed by atoms with E-state index in [0.29, 0.717) is 10.6 Å². The molecule has 0 spiro atoms. The van der Waals surface area contributed by atoms with Gasteiger partial charge < -0.3 is 14.9 Å². The Balaban J connectivity index is 2.71. The minimum absolute atomic E-state index is 0.0450. The SMILES string of the molecule is COc1ccc(O)c(-c2ccccc2Cl)c1O. The Bertz CT molecular complexity index is 552. The van der Waals surface area contributed by atoms with Gasteiger partial charge in [-0.3, -0.25) is 0 Å². The second-order valence-corrected chi connectivity index (χ2v) is 3.90. The van der Waals surface area contributed by atoms with E-state index < -0.39 is 0 Å². The zero-order valence-corrected chi connectivity index (χ0v) is 9.90. The van der Waals surface area contributed by atoms with Crippen molar-refractivity contribution in [3.8, 4) is 28.4 Å². The highest BCUT2D eigenvalue weighted by Crippen LogP contribution is 2.45. The highest BCUT2D eigenvalue weighted by atomic mass is 35.5. The summed E-state index contributed by atoms with van der Waals surface area (Å²) in [7, 11) is 1.45. The zero-order chi connectivity index (χ0) is 12.4. The Kier molecular flexibility index (Phi) is 3.11. The normalized spacial score (nSPS) is 10.2. The third-order valence-corrected chi connectivity index (χ3v) is 2.81. The van der Waals surface area contributed by atoms with Gasteiger partial charge in [0.05, 0.1) is 12.7 Å². The molecule has 2 aromatic rings. The first-order chi connectivity index (χ1) is 8.15. The minimum atomic E-state index is -0.124. The molecule has 2 aromatic carbocycles. The van der Waals surface area contributed by atoms with E-state index in [2.05, 4.69) is 0 Å². The molecular formula is C13H11ClO3. The van der Waals surface area contributed by atoms with Crippen LogP contribution in [0.5, 0.6) is 17.2 Å². The van der Waals surface area contributed by atoms with E-state index in [1.807, 2.05) is 0 Å². The van der Waals surface area contributed by atoms with Crippen LogP contribution in [0.15, 0.2) is 36.4 Å². The average molecular weight is 251 g/mol. The van der Waals surface area contributed by atoms with E-state index >= 15 is 0 Å². The highest BCUT2D eigenvalue weighted by molar-refractivity contribution is 6.33. The van der Waals surface area contributed by atoms with Crippen LogP contribution in [0.4, 0.5) is 0 Å². The topological polar surface area (TPSA) is 49.7 Å². The van der Waals surface area contributed by atoms with Crippen LogP contribution in [-0.2, 0) is 0 Å². The molecule has 0 aliphatic carbocycles. The number of phenolic OH excluding ortho intramolecular Hbond substituents is 2. The van der Waals surface area contributed by atoms with Crippen LogP contribution in [0.25, 0.3) is 11.1 Å². The molecule has 0 unspecified atom stereocenters. The van der Waals surface area contributed by atoms with Crippen LogP contribution in [0, 0.1) is 0 Å². The first-order valence-corrected chi connectivity index (χ1v) is 5.36. The van der Waals surface area contributed by atoms with Crippen molar-refractivity contribution in [3.63, 3.8) is 0 Å². The monoisotopic (exact) mass is 250 g/mol. The predicted octanol–water partition coefficient (Wildman–Crippen LogP) is 3.43. The van der Waals surface area contributed by atoms with Gasteiger partial charge in [-0.1, -0.05) is 29.8 Å². The van der Waals surface area contributed by atoms with Crippen molar-refractivity contribution in [2.24, 2.45) is 0 Å². The van der Waals surface area contributed by atoms with E-state index in [4.69, 9.17) is 16.3 Å². The van der Waals surface area contributed by atoms with Gasteiger partial charge in [-0.15, -0.1) is 0 Å². The van der Waals surface area contributed by atoms with Crippen molar-refractivity contribution in [2.45, 2.75) is 0 Å². The minimum Gasteiger partial charge on any atom is -0.507 e. The van der Waals surface area contributed by atoms with Crippen molar-refractivity contribution in [1.82, 2.24) is 0 Å². The molecule has 0 saturated heterocycles. The largest absolute Gasteiger partial charge is 0.507 e. The van der Waals surface area contributed by atoms with Crippen LogP contribution in [-0.4, -0.2) is 17.3 Å². The third-order valence-electron chi connectivity index (χ3n) is 2.48. The molecule has 17 heavy (non-hydrogen) atoms. The van der Waals surface area contributed by atoms with E-state index in [1.165, 1.54) is 19.2 Å². The summed E-state index contributed by atoms with van der Waals surface area (Å²) in [6.07, 6.45) is 0. The van der Waals surface area contributed by atoms with Crippen LogP contribution < -0.4 is 4.74 Å². The van der Waals surface area contributed by atoms with E-state index in [9.17, 15) is 10.2 Å². The summed E-state index contributed by atoms with van der Waals surface area (Å²) in [5.41, 5.74) is 0.831. The molecule has 0 saturated carbocycles. The maximum Gasteiger partial charge on any atom is 0.169 e. The maximum absolute atomic E-state index is 10.0. The summed E-state index contributed by atoms with van der Waals surface area (Å²) in [5.74, 6) is 0.120. The van der Waals surface area contributed by atoms with E-state index in [1.54, 1.807) is 24.3 Å². The molecule has 0 heterocycles. The Labute approximate surface area is 104 Å². The molecule has 88 valence electrons. The van der Waals surface area contributed by atoms with Crippen LogP contribution in [0.1, 0.15) is 0 Å². The van der Waals surface area contributed by atoms with Gasteiger partial charge in [-0.25, -0.2) is 0 Å². The molecule has 0 aromatic heterocycles. The lowest BCUT2D eigenvalue weighted by Crippen LogP contribution is -1.87. The van der Waals surface area contributed by atoms with E-state index in [0.717, 1.165) is 0 Å². The van der Waals surface area contributed by atoms with Crippen molar-refractivity contribution in [2.75, 3.05) is 7.11 Å². The van der Waals surface area contributed by atoms with Crippen molar-refractivity contribution < 1.29 is 14.9 Å². The van der Waals surface area contributed by atoms with Crippen molar-refractivity contribution >= 4 is 11.6 Å². The fourth-order valence-corrected chi connectivity index (χ4v) is 1.89. The molecule has 4 heteroatoms. The number of ether oxygens (including phenoxy) is 1. The quantitative estimate of drug-likeness (QED) is 0.859. The molecular weight excluding hydrogens is 240 g/mol. The van der Waals surface area contributed by atoms with Gasteiger partial charge in [0.15, 0.2) is 11.5 Å². The standard InChI is InChI=1S/C13H11ClO3/c1-17-11-7-6-10(15)12(13(11)16)8-4-2-3-5-9(8)14/h2-7,15-16H,1H3. The number of hydrogen-bond donors (Lipinski definition) is 2. The molecule has 0 aliphatic heterocycles. The zero-order valence-electron chi connectivity index (χ0n) is 9.14. The van der Waals surface area contributed by atoms with Gasteiger partial charge in [-0.2, -0.15) is 0 Å². The predicted molar refractivity (Wildman–Crippen MR) is 66.8 cm³/mol. The van der Waals surface area contributed by atoms with Gasteiger partial charge in [0.1, 0.15) is 5.75 Å². The summed E-state index contributed by atoms with van der Waals surface area (Å²) in [5, 5.41) is 20.3. The lowest BCUT2D eigenvalue weighted by atomic mass is 10.0. The third kappa shape index (κ3) is 2.01. The van der Waals surface area contributed by atoms with E-state index in [-0.39, 0.29) is 22.8 Å². The van der Waals surface area contributed by atoms with Crippen LogP contribution >= 0.6 is 11.6 Å². The average Bonchev–Trinajstić information content (AvgIpc) is 2.32. The van der Waals surface area contributed by atoms with Gasteiger partial charge in [0.25, 0.3) is 0 Å². The van der Waals surface area contributed by atoms with Gasteiger partial charge in [0.2, 0.25) is 0 Å². The lowest BCUT2D eigenvalue weighted by Gasteiger charge is -2.12. The summed E-state index contributed by atoms with van der Waals surface area (Å²) in [4.78, 5) is 0. The molecule has 2 N–H and O–H groups in total. The smallest absolute Gasteiger partial charge is 0.169 e. The highest BCUT2D eigenvalue weighted by Gasteiger charge is 2.16. The van der Waals surface area contributed by atoms with Gasteiger partial charge in [0, 0.05) is 10.6 Å². The molecule has 0 aliphatic rings. The Morgan fingerprint density at radius 3 is 2.41 bits per heavy atom. The Morgan fingerprint density at radius 1 is 1.06 bits per heavy atom. The number of phenols is 2. The second-order valence-electron chi connectivity index (χ2n) is 3.49. The van der Waals surface area contributed by atoms with Gasteiger partial charge in [-0.05, 0) is 18.2 Å². The van der Waals surface area contributed by atoms with Crippen molar-refractivity contribution in [1.29, 1.82) is 0 Å². The second kappa shape index (κ2) is 4.55. The fourth-order valence-electron chi connectivity index (χ4n) is 1.66. The molecule has 0 fully saturated rings. The number of halogens is 1. The Morgan fingerprint density at radius 2 is 1.76 bits per heavy atom. The summed E-state index contributed by atoms with van der Waals surface area (Å²) < 4.78 is 5.00. The maximum atomic E-state index is 10.0.